The van der Waals surface area contributed by atoms with Crippen LogP contribution < -0.4 is 15.8 Å². The van der Waals surface area contributed by atoms with Gasteiger partial charge in [-0.2, -0.15) is 5.26 Å². The fraction of sp³-hybridized carbons (Fsp3) is 0.227. The fourth-order valence-electron chi connectivity index (χ4n) is 3.62. The van der Waals surface area contributed by atoms with Crippen LogP contribution in [-0.4, -0.2) is 52.2 Å². The number of ether oxygens (including phenoxy) is 2. The maximum atomic E-state index is 9.18. The molecule has 3 N–H and O–H groups in total. The summed E-state index contributed by atoms with van der Waals surface area (Å²) in [5, 5.41) is 12.4. The minimum atomic E-state index is 0. The zero-order valence-electron chi connectivity index (χ0n) is 17.8. The summed E-state index contributed by atoms with van der Waals surface area (Å²) in [5.41, 5.74) is 9.23. The van der Waals surface area contributed by atoms with Gasteiger partial charge in [0.1, 0.15) is 35.2 Å². The van der Waals surface area contributed by atoms with Crippen molar-refractivity contribution in [3.05, 3.63) is 48.3 Å². The van der Waals surface area contributed by atoms with Crippen LogP contribution >= 0.6 is 23.7 Å². The van der Waals surface area contributed by atoms with Crippen LogP contribution in [0.3, 0.4) is 0 Å². The molecule has 0 aliphatic rings. The smallest absolute Gasteiger partial charge is 0.195 e. The number of benzene rings is 1. The van der Waals surface area contributed by atoms with Crippen molar-refractivity contribution >= 4 is 50.4 Å². The van der Waals surface area contributed by atoms with E-state index in [1.807, 2.05) is 42.0 Å². The van der Waals surface area contributed by atoms with Gasteiger partial charge in [0.15, 0.2) is 4.96 Å². The van der Waals surface area contributed by atoms with Crippen LogP contribution in [0.1, 0.15) is 5.56 Å². The van der Waals surface area contributed by atoms with Gasteiger partial charge in [0, 0.05) is 26.0 Å². The molecule has 11 heteroatoms. The van der Waals surface area contributed by atoms with Gasteiger partial charge in [0.2, 0.25) is 0 Å². The average Bonchev–Trinajstić information content (AvgIpc) is 3.48. The molecule has 0 atom stereocenters. The van der Waals surface area contributed by atoms with E-state index < -0.39 is 0 Å². The molecule has 1 aromatic carbocycles. The summed E-state index contributed by atoms with van der Waals surface area (Å²) in [7, 11) is 1.85. The molecule has 4 aromatic heterocycles. The van der Waals surface area contributed by atoms with E-state index in [4.69, 9.17) is 25.2 Å². The summed E-state index contributed by atoms with van der Waals surface area (Å²) in [6, 6.07) is 11.7. The summed E-state index contributed by atoms with van der Waals surface area (Å²) in [6.45, 7) is 2.03. The van der Waals surface area contributed by atoms with Crippen molar-refractivity contribution in [1.82, 2.24) is 18.8 Å². The number of nitrogens with two attached hydrogens (primary N) is 1. The lowest BCUT2D eigenvalue weighted by Gasteiger charge is -2.06. The number of anilines is 1. The van der Waals surface area contributed by atoms with Crippen LogP contribution in [0.2, 0.25) is 0 Å². The first-order chi connectivity index (χ1) is 15.7. The fourth-order valence-corrected chi connectivity index (χ4v) is 4.66. The normalized spacial score (nSPS) is 11.1. The Labute approximate surface area is 199 Å². The number of thiazole rings is 1. The van der Waals surface area contributed by atoms with E-state index in [0.717, 1.165) is 38.1 Å². The van der Waals surface area contributed by atoms with Gasteiger partial charge in [-0.25, -0.2) is 9.97 Å². The molecule has 0 amide bonds. The number of nitriles is 1. The van der Waals surface area contributed by atoms with E-state index in [0.29, 0.717) is 37.6 Å². The number of aromatic nitrogens is 4. The molecule has 5 rings (SSSR count). The van der Waals surface area contributed by atoms with E-state index in [1.165, 1.54) is 0 Å². The minimum absolute atomic E-state index is 0. The number of nitrogens with one attached hydrogen (secondary N) is 1. The molecule has 0 spiro atoms. The third-order valence-corrected chi connectivity index (χ3v) is 6.08. The molecular formula is C22H22ClN7O2S. The Morgan fingerprint density at radius 2 is 2.03 bits per heavy atom. The lowest BCUT2D eigenvalue weighted by molar-refractivity contribution is 0.106. The molecule has 9 nitrogen and oxygen atoms in total. The van der Waals surface area contributed by atoms with Crippen LogP contribution in [0.15, 0.2) is 42.7 Å². The molecule has 0 unspecified atom stereocenters. The number of imidazole rings is 2. The molecular weight excluding hydrogens is 462 g/mol. The number of pyridine rings is 1. The minimum Gasteiger partial charge on any atom is -0.491 e. The van der Waals surface area contributed by atoms with Crippen LogP contribution in [-0.2, 0) is 4.74 Å². The zero-order chi connectivity index (χ0) is 22.1. The van der Waals surface area contributed by atoms with E-state index in [-0.39, 0.29) is 12.4 Å². The van der Waals surface area contributed by atoms with E-state index in [2.05, 4.69) is 15.8 Å². The lowest BCUT2D eigenvalue weighted by Crippen LogP contribution is -2.13. The lowest BCUT2D eigenvalue weighted by atomic mass is 10.3. The van der Waals surface area contributed by atoms with Crippen molar-refractivity contribution in [2.45, 2.75) is 0 Å². The second-order valence-corrected chi connectivity index (χ2v) is 8.08. The molecule has 5 aromatic rings. The Kier molecular flexibility index (Phi) is 6.67. The molecule has 170 valence electrons. The third kappa shape index (κ3) is 4.19. The maximum absolute atomic E-state index is 9.18. The predicted molar refractivity (Wildman–Crippen MR) is 132 cm³/mol. The highest BCUT2D eigenvalue weighted by molar-refractivity contribution is 7.23. The highest BCUT2D eigenvalue weighted by Gasteiger charge is 2.18. The predicted octanol–water partition coefficient (Wildman–Crippen LogP) is 3.55. The Bertz CT molecular complexity index is 1470. The van der Waals surface area contributed by atoms with Crippen molar-refractivity contribution < 1.29 is 9.47 Å². The Morgan fingerprint density at radius 3 is 2.82 bits per heavy atom. The monoisotopic (exact) mass is 483 g/mol. The van der Waals surface area contributed by atoms with Crippen molar-refractivity contribution in [1.29, 1.82) is 5.26 Å². The van der Waals surface area contributed by atoms with Crippen LogP contribution in [0.4, 0.5) is 5.82 Å². The second kappa shape index (κ2) is 9.64. The van der Waals surface area contributed by atoms with Gasteiger partial charge >= 0.3 is 0 Å². The molecule has 33 heavy (non-hydrogen) atoms. The second-order valence-electron chi connectivity index (χ2n) is 7.07. The van der Waals surface area contributed by atoms with E-state index in [1.54, 1.807) is 23.5 Å². The third-order valence-electron chi connectivity index (χ3n) is 5.06. The number of halogens is 1. The Balaban J connectivity index is 0.00000259. The van der Waals surface area contributed by atoms with Crippen molar-refractivity contribution in [3.8, 4) is 23.2 Å². The van der Waals surface area contributed by atoms with E-state index in [9.17, 15) is 5.26 Å². The number of hydrogen-bond acceptors (Lipinski definition) is 8. The zero-order valence-corrected chi connectivity index (χ0v) is 19.4. The largest absolute Gasteiger partial charge is 0.491 e. The van der Waals surface area contributed by atoms with Crippen LogP contribution in [0.25, 0.3) is 32.2 Å². The number of rotatable bonds is 8. The molecule has 0 saturated heterocycles. The van der Waals surface area contributed by atoms with Crippen molar-refractivity contribution in [2.24, 2.45) is 5.73 Å². The molecule has 0 aliphatic carbocycles. The molecule has 0 bridgehead atoms. The standard InChI is InChI=1S/C22H21N7O2S.ClH/c1-25-21-20(27-19-10-14(12-24)4-6-28(19)21)16-13-29-17-3-2-15(31-9-8-30-7-5-23)11-18(17)32-22(29)26-16;/h2-4,6,10-11,13,25H,5,7-9,23H2,1H3;1H. The summed E-state index contributed by atoms with van der Waals surface area (Å²) < 4.78 is 16.2. The molecule has 0 saturated carbocycles. The quantitative estimate of drug-likeness (QED) is 0.324. The molecule has 0 radical (unpaired) electrons. The van der Waals surface area contributed by atoms with Gasteiger partial charge in [-0.15, -0.1) is 12.4 Å². The summed E-state index contributed by atoms with van der Waals surface area (Å²) >= 11 is 1.59. The summed E-state index contributed by atoms with van der Waals surface area (Å²) in [6.07, 6.45) is 3.83. The molecule has 0 aliphatic heterocycles. The highest BCUT2D eigenvalue weighted by Crippen LogP contribution is 2.34. The Hall–Kier alpha value is -3.36. The topological polar surface area (TPSA) is 115 Å². The van der Waals surface area contributed by atoms with Crippen LogP contribution in [0, 0.1) is 11.3 Å². The summed E-state index contributed by atoms with van der Waals surface area (Å²) in [4.78, 5) is 10.4. The van der Waals surface area contributed by atoms with Gasteiger partial charge < -0.3 is 20.5 Å². The van der Waals surface area contributed by atoms with Crippen molar-refractivity contribution in [3.63, 3.8) is 0 Å². The highest BCUT2D eigenvalue weighted by atomic mass is 35.5. The average molecular weight is 484 g/mol. The first kappa shape index (κ1) is 22.8. The van der Waals surface area contributed by atoms with Gasteiger partial charge in [0.05, 0.1) is 35.1 Å². The Morgan fingerprint density at radius 1 is 1.15 bits per heavy atom. The van der Waals surface area contributed by atoms with Gasteiger partial charge in [-0.05, 0) is 30.3 Å². The van der Waals surface area contributed by atoms with Gasteiger partial charge in [0.25, 0.3) is 0 Å². The first-order valence-corrected chi connectivity index (χ1v) is 11.0. The SMILES string of the molecule is CNc1c(-c2cn3c(n2)sc2cc(OCCOCCN)ccc23)nc2cc(C#N)ccn12.Cl. The van der Waals surface area contributed by atoms with E-state index >= 15 is 0 Å². The number of nitrogens with zero attached hydrogens (tertiary/aromatic N) is 5. The first-order valence-electron chi connectivity index (χ1n) is 10.1. The van der Waals surface area contributed by atoms with Crippen molar-refractivity contribution in [2.75, 3.05) is 38.7 Å². The maximum Gasteiger partial charge on any atom is 0.195 e. The van der Waals surface area contributed by atoms with Gasteiger partial charge in [-0.1, -0.05) is 11.3 Å². The van der Waals surface area contributed by atoms with Crippen LogP contribution in [0.5, 0.6) is 5.75 Å². The number of fused-ring (bicyclic) bond motifs is 4. The number of hydrogen-bond donors (Lipinski definition) is 2. The molecule has 4 heterocycles. The van der Waals surface area contributed by atoms with Gasteiger partial charge in [-0.3, -0.25) is 8.80 Å². The molecule has 0 fully saturated rings. The summed E-state index contributed by atoms with van der Waals surface area (Å²) in [5.74, 6) is 1.62.